The molecule has 0 aliphatic carbocycles. The normalized spacial score (nSPS) is 11.4. The van der Waals surface area contributed by atoms with E-state index in [1.54, 1.807) is 13.2 Å². The third-order valence-corrected chi connectivity index (χ3v) is 5.22. The minimum atomic E-state index is -0.200. The van der Waals surface area contributed by atoms with Crippen LogP contribution in [0.15, 0.2) is 66.7 Å². The van der Waals surface area contributed by atoms with Crippen molar-refractivity contribution in [2.24, 2.45) is 0 Å². The number of ether oxygens (including phenoxy) is 1. The Labute approximate surface area is 151 Å². The maximum atomic E-state index is 9.80. The van der Waals surface area contributed by atoms with Gasteiger partial charge in [-0.1, -0.05) is 56.3 Å². The molecule has 3 aromatic rings. The SMILES string of the molecule is COc1ccc(C(C)(C)c2ccc(O)c(P)c2)cc1-c1ccccc1. The number of aromatic hydroxyl groups is 1. The largest absolute Gasteiger partial charge is 0.507 e. The van der Waals surface area contributed by atoms with Crippen LogP contribution in [-0.4, -0.2) is 12.2 Å². The molecule has 0 spiro atoms. The van der Waals surface area contributed by atoms with E-state index >= 15 is 0 Å². The van der Waals surface area contributed by atoms with Gasteiger partial charge in [0.05, 0.1) is 7.11 Å². The van der Waals surface area contributed by atoms with E-state index in [9.17, 15) is 5.11 Å². The van der Waals surface area contributed by atoms with Crippen LogP contribution in [0.3, 0.4) is 0 Å². The second-order valence-corrected chi connectivity index (χ2v) is 7.30. The van der Waals surface area contributed by atoms with Crippen molar-refractivity contribution in [1.29, 1.82) is 0 Å². The van der Waals surface area contributed by atoms with Crippen molar-refractivity contribution < 1.29 is 9.84 Å². The Morgan fingerprint density at radius 1 is 0.880 bits per heavy atom. The molecule has 3 rings (SSSR count). The first kappa shape index (κ1) is 17.5. The lowest BCUT2D eigenvalue weighted by Gasteiger charge is -2.28. The Morgan fingerprint density at radius 3 is 2.16 bits per heavy atom. The first-order chi connectivity index (χ1) is 11.9. The van der Waals surface area contributed by atoms with Crippen molar-refractivity contribution in [3.63, 3.8) is 0 Å². The summed E-state index contributed by atoms with van der Waals surface area (Å²) < 4.78 is 5.57. The lowest BCUT2D eigenvalue weighted by molar-refractivity contribution is 0.416. The molecule has 3 aromatic carbocycles. The quantitative estimate of drug-likeness (QED) is 0.679. The number of hydrogen-bond donors (Lipinski definition) is 1. The van der Waals surface area contributed by atoms with E-state index in [-0.39, 0.29) is 5.41 Å². The fourth-order valence-electron chi connectivity index (χ4n) is 3.05. The topological polar surface area (TPSA) is 29.5 Å². The standard InChI is InChI=1S/C22H23O2P/c1-22(2,17-9-11-19(23)21(25)14-17)16-10-12-20(24-3)18(13-16)15-7-5-4-6-8-15/h4-14,23H,25H2,1-3H3. The lowest BCUT2D eigenvalue weighted by Crippen LogP contribution is -2.20. The van der Waals surface area contributed by atoms with Gasteiger partial charge in [-0.15, -0.1) is 9.24 Å². The zero-order valence-electron chi connectivity index (χ0n) is 14.8. The number of phenolic OH excluding ortho intramolecular Hbond substituents is 1. The fourth-order valence-corrected chi connectivity index (χ4v) is 3.33. The Balaban J connectivity index is 2.12. The number of hydrogen-bond acceptors (Lipinski definition) is 2. The van der Waals surface area contributed by atoms with Gasteiger partial charge in [-0.05, 0) is 41.0 Å². The molecular weight excluding hydrogens is 327 g/mol. The average Bonchev–Trinajstić information content (AvgIpc) is 2.64. The molecule has 0 saturated heterocycles. The molecule has 0 fully saturated rings. The Hall–Kier alpha value is -2.31. The highest BCUT2D eigenvalue weighted by atomic mass is 31.0. The summed E-state index contributed by atoms with van der Waals surface area (Å²) in [5.41, 5.74) is 4.36. The van der Waals surface area contributed by atoms with Crippen molar-refractivity contribution >= 4 is 14.5 Å². The Morgan fingerprint density at radius 2 is 1.52 bits per heavy atom. The fraction of sp³-hybridized carbons (Fsp3) is 0.182. The van der Waals surface area contributed by atoms with Crippen LogP contribution >= 0.6 is 9.24 Å². The molecule has 2 nitrogen and oxygen atoms in total. The summed E-state index contributed by atoms with van der Waals surface area (Å²) in [5, 5.41) is 10.6. The van der Waals surface area contributed by atoms with Gasteiger partial charge in [-0.2, -0.15) is 0 Å². The zero-order valence-corrected chi connectivity index (χ0v) is 15.9. The van der Waals surface area contributed by atoms with E-state index in [0.717, 1.165) is 27.7 Å². The highest BCUT2D eigenvalue weighted by Gasteiger charge is 2.25. The van der Waals surface area contributed by atoms with E-state index in [1.165, 1.54) is 5.56 Å². The third kappa shape index (κ3) is 3.41. The van der Waals surface area contributed by atoms with E-state index in [1.807, 2.05) is 36.4 Å². The van der Waals surface area contributed by atoms with Crippen LogP contribution in [0.1, 0.15) is 25.0 Å². The van der Waals surface area contributed by atoms with Crippen LogP contribution < -0.4 is 10.0 Å². The summed E-state index contributed by atoms with van der Waals surface area (Å²) in [4.78, 5) is 0. The van der Waals surface area contributed by atoms with Crippen molar-refractivity contribution in [3.8, 4) is 22.6 Å². The van der Waals surface area contributed by atoms with Gasteiger partial charge >= 0.3 is 0 Å². The molecule has 0 amide bonds. The Bertz CT molecular complexity index is 886. The summed E-state index contributed by atoms with van der Waals surface area (Å²) in [6, 6.07) is 22.4. The molecule has 0 radical (unpaired) electrons. The molecule has 0 saturated carbocycles. The van der Waals surface area contributed by atoms with Crippen LogP contribution in [-0.2, 0) is 5.41 Å². The van der Waals surface area contributed by atoms with Crippen molar-refractivity contribution in [2.45, 2.75) is 19.3 Å². The molecule has 3 heteroatoms. The highest BCUT2D eigenvalue weighted by molar-refractivity contribution is 7.27. The van der Waals surface area contributed by atoms with Gasteiger partial charge in [-0.25, -0.2) is 0 Å². The second kappa shape index (κ2) is 6.90. The smallest absolute Gasteiger partial charge is 0.126 e. The zero-order chi connectivity index (χ0) is 18.0. The van der Waals surface area contributed by atoms with Gasteiger partial charge in [0, 0.05) is 16.3 Å². The van der Waals surface area contributed by atoms with Gasteiger partial charge < -0.3 is 9.84 Å². The summed E-state index contributed by atoms with van der Waals surface area (Å²) in [7, 11) is 4.29. The number of rotatable bonds is 4. The van der Waals surface area contributed by atoms with Gasteiger partial charge in [-0.3, -0.25) is 0 Å². The summed E-state index contributed by atoms with van der Waals surface area (Å²) in [6.45, 7) is 4.39. The monoisotopic (exact) mass is 350 g/mol. The first-order valence-electron chi connectivity index (χ1n) is 8.26. The summed E-state index contributed by atoms with van der Waals surface area (Å²) >= 11 is 0. The molecule has 0 bridgehead atoms. The molecule has 1 N–H and O–H groups in total. The second-order valence-electron chi connectivity index (χ2n) is 6.68. The van der Waals surface area contributed by atoms with E-state index < -0.39 is 0 Å². The summed E-state index contributed by atoms with van der Waals surface area (Å²) in [6.07, 6.45) is 0. The van der Waals surface area contributed by atoms with Crippen LogP contribution in [0.25, 0.3) is 11.1 Å². The van der Waals surface area contributed by atoms with Crippen LogP contribution in [0.5, 0.6) is 11.5 Å². The maximum absolute atomic E-state index is 9.80. The minimum Gasteiger partial charge on any atom is -0.507 e. The number of methoxy groups -OCH3 is 1. The number of phenols is 1. The highest BCUT2D eigenvalue weighted by Crippen LogP contribution is 2.38. The van der Waals surface area contributed by atoms with E-state index in [4.69, 9.17) is 4.74 Å². The van der Waals surface area contributed by atoms with Crippen molar-refractivity contribution in [3.05, 3.63) is 77.9 Å². The number of benzene rings is 3. The molecular formula is C22H23O2P. The van der Waals surface area contributed by atoms with Crippen molar-refractivity contribution in [2.75, 3.05) is 7.11 Å². The van der Waals surface area contributed by atoms with Gasteiger partial charge in [0.2, 0.25) is 0 Å². The molecule has 0 aliphatic heterocycles. The predicted molar refractivity (Wildman–Crippen MR) is 108 cm³/mol. The van der Waals surface area contributed by atoms with Gasteiger partial charge in [0.25, 0.3) is 0 Å². The average molecular weight is 350 g/mol. The molecule has 0 heterocycles. The molecule has 128 valence electrons. The van der Waals surface area contributed by atoms with Gasteiger partial charge in [0.1, 0.15) is 11.5 Å². The van der Waals surface area contributed by atoms with Crippen LogP contribution in [0.4, 0.5) is 0 Å². The third-order valence-electron chi connectivity index (χ3n) is 4.76. The minimum absolute atomic E-state index is 0.200. The van der Waals surface area contributed by atoms with Crippen LogP contribution in [0.2, 0.25) is 0 Å². The Kier molecular flexibility index (Phi) is 4.83. The van der Waals surface area contributed by atoms with E-state index in [0.29, 0.717) is 5.75 Å². The maximum Gasteiger partial charge on any atom is 0.126 e. The summed E-state index contributed by atoms with van der Waals surface area (Å²) in [5.74, 6) is 1.16. The molecule has 1 unspecified atom stereocenters. The first-order valence-corrected chi connectivity index (χ1v) is 8.84. The molecule has 0 aromatic heterocycles. The molecule has 25 heavy (non-hydrogen) atoms. The van der Waals surface area contributed by atoms with Gasteiger partial charge in [0.15, 0.2) is 0 Å². The predicted octanol–water partition coefficient (Wildman–Crippen LogP) is 4.89. The molecule has 1 atom stereocenters. The van der Waals surface area contributed by atoms with Crippen molar-refractivity contribution in [1.82, 2.24) is 0 Å². The lowest BCUT2D eigenvalue weighted by atomic mass is 9.77. The van der Waals surface area contributed by atoms with Crippen LogP contribution in [0, 0.1) is 0 Å². The van der Waals surface area contributed by atoms with E-state index in [2.05, 4.69) is 47.4 Å². The molecule has 0 aliphatic rings.